The van der Waals surface area contributed by atoms with Crippen LogP contribution in [0, 0.1) is 0 Å². The first-order valence-electron chi connectivity index (χ1n) is 10.1. The fourth-order valence-corrected chi connectivity index (χ4v) is 6.14. The van der Waals surface area contributed by atoms with Gasteiger partial charge in [0, 0.05) is 22.3 Å². The van der Waals surface area contributed by atoms with Crippen molar-refractivity contribution in [2.45, 2.75) is 102 Å². The lowest BCUT2D eigenvalue weighted by molar-refractivity contribution is 0.225. The molecule has 0 N–H and O–H groups in total. The van der Waals surface area contributed by atoms with Crippen molar-refractivity contribution in [3.8, 4) is 11.5 Å². The highest BCUT2D eigenvalue weighted by Gasteiger charge is 2.49. The van der Waals surface area contributed by atoms with Gasteiger partial charge in [-0.25, -0.2) is 0 Å². The lowest BCUT2D eigenvalue weighted by Crippen LogP contribution is -2.18. The van der Waals surface area contributed by atoms with E-state index in [1.807, 2.05) is 0 Å². The third kappa shape index (κ3) is 1.95. The molecule has 4 atom stereocenters. The summed E-state index contributed by atoms with van der Waals surface area (Å²) in [5.74, 6) is 5.47. The van der Waals surface area contributed by atoms with Gasteiger partial charge in [-0.2, -0.15) is 0 Å². The summed E-state index contributed by atoms with van der Waals surface area (Å²) in [6, 6.07) is 0. The fourth-order valence-electron chi connectivity index (χ4n) is 6.14. The van der Waals surface area contributed by atoms with Crippen molar-refractivity contribution in [1.29, 1.82) is 0 Å². The molecule has 0 saturated heterocycles. The fraction of sp³-hybridized carbons (Fsp3) is 0.727. The van der Waals surface area contributed by atoms with Gasteiger partial charge in [0.25, 0.3) is 0 Å². The topological polar surface area (TPSA) is 18.5 Å². The number of fused-ring (bicyclic) bond motifs is 10. The number of benzene rings is 1. The molecule has 5 rings (SSSR count). The predicted molar refractivity (Wildman–Crippen MR) is 96.6 cm³/mol. The summed E-state index contributed by atoms with van der Waals surface area (Å²) in [6.07, 6.45) is 8.56. The summed E-state index contributed by atoms with van der Waals surface area (Å²) in [5, 5.41) is 0. The minimum absolute atomic E-state index is 0.258. The van der Waals surface area contributed by atoms with Crippen LogP contribution in [0.5, 0.6) is 11.5 Å². The molecule has 4 unspecified atom stereocenters. The number of rotatable bonds is 4. The average Bonchev–Trinajstić information content (AvgIpc) is 3.27. The van der Waals surface area contributed by atoms with Crippen molar-refractivity contribution in [2.24, 2.45) is 0 Å². The smallest absolute Gasteiger partial charge is 0.127 e. The molecular weight excluding hydrogens is 296 g/mol. The van der Waals surface area contributed by atoms with Crippen molar-refractivity contribution < 1.29 is 9.47 Å². The van der Waals surface area contributed by atoms with E-state index >= 15 is 0 Å². The van der Waals surface area contributed by atoms with E-state index in [4.69, 9.17) is 9.47 Å². The van der Waals surface area contributed by atoms with Gasteiger partial charge in [-0.15, -0.1) is 0 Å². The van der Waals surface area contributed by atoms with Crippen LogP contribution in [0.3, 0.4) is 0 Å². The summed E-state index contributed by atoms with van der Waals surface area (Å²) >= 11 is 0. The van der Waals surface area contributed by atoms with Crippen LogP contribution in [0.4, 0.5) is 0 Å². The first kappa shape index (κ1) is 15.1. The molecule has 0 aliphatic heterocycles. The van der Waals surface area contributed by atoms with Crippen molar-refractivity contribution >= 4 is 0 Å². The maximum Gasteiger partial charge on any atom is 0.127 e. The Bertz CT molecular complexity index is 584. The van der Waals surface area contributed by atoms with Crippen molar-refractivity contribution in [3.63, 3.8) is 0 Å². The van der Waals surface area contributed by atoms with Gasteiger partial charge < -0.3 is 9.47 Å². The standard InChI is InChI=1S/C22H30O2/c1-11(2)23-21-17-13-5-7-15(9-13)19(17)22(24-12(3)4)20-16-8-6-14(10-16)18(20)21/h11-16H,5-10H2,1-4H3. The Morgan fingerprint density at radius 2 is 0.875 bits per heavy atom. The zero-order chi connectivity index (χ0) is 16.6. The summed E-state index contributed by atoms with van der Waals surface area (Å²) in [4.78, 5) is 0. The van der Waals surface area contributed by atoms with E-state index in [2.05, 4.69) is 27.7 Å². The predicted octanol–water partition coefficient (Wildman–Crippen LogP) is 5.99. The van der Waals surface area contributed by atoms with Crippen molar-refractivity contribution in [3.05, 3.63) is 22.3 Å². The molecule has 0 amide bonds. The SMILES string of the molecule is CC(C)Oc1c2c(c(OC(C)C)c3c1C1CCC3C1)C1CCC2C1. The second kappa shape index (κ2) is 5.16. The summed E-state index contributed by atoms with van der Waals surface area (Å²) < 4.78 is 13.0. The van der Waals surface area contributed by atoms with Gasteiger partial charge in [0.05, 0.1) is 12.2 Å². The van der Waals surface area contributed by atoms with Gasteiger partial charge in [-0.05, 0) is 89.9 Å². The number of hydrogen-bond acceptors (Lipinski definition) is 2. The van der Waals surface area contributed by atoms with E-state index in [0.717, 1.165) is 23.7 Å². The molecule has 2 nitrogen and oxygen atoms in total. The van der Waals surface area contributed by atoms with Crippen LogP contribution in [-0.4, -0.2) is 12.2 Å². The average molecular weight is 326 g/mol. The molecule has 0 radical (unpaired) electrons. The van der Waals surface area contributed by atoms with E-state index < -0.39 is 0 Å². The van der Waals surface area contributed by atoms with E-state index in [1.165, 1.54) is 50.0 Å². The Balaban J connectivity index is 1.78. The van der Waals surface area contributed by atoms with Crippen LogP contribution in [0.1, 0.15) is 112 Å². The van der Waals surface area contributed by atoms with Crippen LogP contribution in [0.15, 0.2) is 0 Å². The summed E-state index contributed by atoms with van der Waals surface area (Å²) in [7, 11) is 0. The van der Waals surface area contributed by atoms with E-state index in [0.29, 0.717) is 0 Å². The second-order valence-corrected chi connectivity index (χ2v) is 9.06. The molecular formula is C22H30O2. The molecule has 2 fully saturated rings. The molecule has 130 valence electrons. The van der Waals surface area contributed by atoms with Crippen LogP contribution in [0.25, 0.3) is 0 Å². The third-order valence-corrected chi connectivity index (χ3v) is 6.76. The first-order valence-corrected chi connectivity index (χ1v) is 10.1. The number of ether oxygens (including phenoxy) is 2. The minimum atomic E-state index is 0.258. The van der Waals surface area contributed by atoms with Crippen LogP contribution < -0.4 is 9.47 Å². The lowest BCUT2D eigenvalue weighted by Gasteiger charge is -2.31. The highest BCUT2D eigenvalue weighted by atomic mass is 16.5. The summed E-state index contributed by atoms with van der Waals surface area (Å²) in [6.45, 7) is 8.71. The first-order chi connectivity index (χ1) is 11.5. The maximum atomic E-state index is 6.51. The van der Waals surface area contributed by atoms with Crippen LogP contribution in [0.2, 0.25) is 0 Å². The zero-order valence-electron chi connectivity index (χ0n) is 15.5. The van der Waals surface area contributed by atoms with Crippen molar-refractivity contribution in [1.82, 2.24) is 0 Å². The number of hydrogen-bond donors (Lipinski definition) is 0. The third-order valence-electron chi connectivity index (χ3n) is 6.76. The molecule has 0 aromatic heterocycles. The monoisotopic (exact) mass is 326 g/mol. The molecule has 2 heteroatoms. The minimum Gasteiger partial charge on any atom is -0.490 e. The van der Waals surface area contributed by atoms with Crippen molar-refractivity contribution in [2.75, 3.05) is 0 Å². The Hall–Kier alpha value is -1.18. The molecule has 4 bridgehead atoms. The molecule has 4 aliphatic carbocycles. The highest BCUT2D eigenvalue weighted by Crippen LogP contribution is 2.67. The normalized spacial score (nSPS) is 31.9. The lowest BCUT2D eigenvalue weighted by atomic mass is 9.81. The molecule has 24 heavy (non-hydrogen) atoms. The molecule has 0 heterocycles. The van der Waals surface area contributed by atoms with Gasteiger partial charge in [-0.3, -0.25) is 0 Å². The van der Waals surface area contributed by atoms with E-state index in [9.17, 15) is 0 Å². The van der Waals surface area contributed by atoms with Gasteiger partial charge in [-0.1, -0.05) is 0 Å². The Labute approximate surface area is 145 Å². The zero-order valence-corrected chi connectivity index (χ0v) is 15.5. The van der Waals surface area contributed by atoms with E-state index in [1.54, 1.807) is 22.3 Å². The van der Waals surface area contributed by atoms with Gasteiger partial charge in [0.2, 0.25) is 0 Å². The quantitative estimate of drug-likeness (QED) is 0.676. The summed E-state index contributed by atoms with van der Waals surface area (Å²) in [5.41, 5.74) is 6.23. The molecule has 1 aromatic rings. The van der Waals surface area contributed by atoms with Gasteiger partial charge in [0.15, 0.2) is 0 Å². The van der Waals surface area contributed by atoms with Gasteiger partial charge >= 0.3 is 0 Å². The second-order valence-electron chi connectivity index (χ2n) is 9.06. The Kier molecular flexibility index (Phi) is 3.25. The van der Waals surface area contributed by atoms with Crippen LogP contribution >= 0.6 is 0 Å². The van der Waals surface area contributed by atoms with Gasteiger partial charge in [0.1, 0.15) is 11.5 Å². The molecule has 0 spiro atoms. The Morgan fingerprint density at radius 1 is 0.583 bits per heavy atom. The van der Waals surface area contributed by atoms with Crippen LogP contribution in [-0.2, 0) is 0 Å². The molecule has 2 saturated carbocycles. The largest absolute Gasteiger partial charge is 0.490 e. The van der Waals surface area contributed by atoms with E-state index in [-0.39, 0.29) is 12.2 Å². The Morgan fingerprint density at radius 3 is 1.12 bits per heavy atom. The molecule has 4 aliphatic rings. The maximum absolute atomic E-state index is 6.51. The molecule has 1 aromatic carbocycles. The highest BCUT2D eigenvalue weighted by molar-refractivity contribution is 5.68.